The molecule has 0 aromatic carbocycles. The molecule has 2 aliphatic rings. The minimum atomic E-state index is 0.302. The molecule has 17 heavy (non-hydrogen) atoms. The third-order valence-corrected chi connectivity index (χ3v) is 4.24. The molecule has 1 unspecified atom stereocenters. The third-order valence-electron chi connectivity index (χ3n) is 4.24. The van der Waals surface area contributed by atoms with Crippen molar-refractivity contribution in [1.29, 1.82) is 0 Å². The maximum atomic E-state index is 12.4. The summed E-state index contributed by atoms with van der Waals surface area (Å²) in [7, 11) is 0. The third kappa shape index (κ3) is 2.54. The van der Waals surface area contributed by atoms with Crippen LogP contribution in [-0.2, 0) is 4.79 Å². The minimum absolute atomic E-state index is 0.302. The Labute approximate surface area is 104 Å². The van der Waals surface area contributed by atoms with E-state index in [2.05, 4.69) is 18.8 Å². The highest BCUT2D eigenvalue weighted by atomic mass is 16.2. The second-order valence-electron chi connectivity index (χ2n) is 5.44. The van der Waals surface area contributed by atoms with Gasteiger partial charge in [0.05, 0.1) is 0 Å². The van der Waals surface area contributed by atoms with Crippen LogP contribution < -0.4 is 5.32 Å². The smallest absolute Gasteiger partial charge is 0.226 e. The zero-order valence-corrected chi connectivity index (χ0v) is 10.9. The summed E-state index contributed by atoms with van der Waals surface area (Å²) in [5, 5.41) is 3.38. The predicted octanol–water partition coefficient (Wildman–Crippen LogP) is 1.80. The Hall–Kier alpha value is -0.830. The van der Waals surface area contributed by atoms with Crippen molar-refractivity contribution in [2.24, 2.45) is 11.3 Å². The highest BCUT2D eigenvalue weighted by Crippen LogP contribution is 2.59. The van der Waals surface area contributed by atoms with Crippen molar-refractivity contribution in [3.05, 3.63) is 12.7 Å². The van der Waals surface area contributed by atoms with Gasteiger partial charge in [-0.2, -0.15) is 0 Å². The molecular weight excluding hydrogens is 212 g/mol. The number of carbonyl (C=O) groups is 1. The maximum Gasteiger partial charge on any atom is 0.226 e. The van der Waals surface area contributed by atoms with Crippen LogP contribution in [0.25, 0.3) is 0 Å². The first-order valence-electron chi connectivity index (χ1n) is 6.84. The summed E-state index contributed by atoms with van der Waals surface area (Å²) in [5.74, 6) is 0.671. The number of carbonyl (C=O) groups excluding carboxylic acids is 1. The molecule has 96 valence electrons. The molecule has 0 aromatic rings. The van der Waals surface area contributed by atoms with Crippen LogP contribution in [0.5, 0.6) is 0 Å². The first-order chi connectivity index (χ1) is 8.23. The molecule has 3 nitrogen and oxygen atoms in total. The Morgan fingerprint density at radius 1 is 1.53 bits per heavy atom. The van der Waals surface area contributed by atoms with Crippen LogP contribution in [-0.4, -0.2) is 37.0 Å². The fraction of sp³-hybridized carbons (Fsp3) is 0.786. The molecule has 1 spiro atoms. The lowest BCUT2D eigenvalue weighted by molar-refractivity contribution is -0.133. The summed E-state index contributed by atoms with van der Waals surface area (Å²) in [6.07, 6.45) is 6.34. The fourth-order valence-electron chi connectivity index (χ4n) is 3.11. The minimum Gasteiger partial charge on any atom is -0.339 e. The van der Waals surface area contributed by atoms with Gasteiger partial charge in [-0.3, -0.25) is 4.79 Å². The van der Waals surface area contributed by atoms with Crippen LogP contribution in [0, 0.1) is 11.3 Å². The Morgan fingerprint density at radius 2 is 2.24 bits per heavy atom. The van der Waals surface area contributed by atoms with E-state index in [0.717, 1.165) is 32.5 Å². The van der Waals surface area contributed by atoms with Gasteiger partial charge in [0.15, 0.2) is 0 Å². The molecule has 0 radical (unpaired) electrons. The van der Waals surface area contributed by atoms with E-state index >= 15 is 0 Å². The predicted molar refractivity (Wildman–Crippen MR) is 69.7 cm³/mol. The highest BCUT2D eigenvalue weighted by molar-refractivity contribution is 5.83. The zero-order valence-electron chi connectivity index (χ0n) is 10.9. The van der Waals surface area contributed by atoms with Gasteiger partial charge >= 0.3 is 0 Å². The molecule has 1 atom stereocenters. The van der Waals surface area contributed by atoms with Crippen molar-refractivity contribution in [2.75, 3.05) is 26.2 Å². The Bertz CT molecular complexity index is 295. The second-order valence-corrected chi connectivity index (χ2v) is 5.44. The lowest BCUT2D eigenvalue weighted by Crippen LogP contribution is -2.37. The lowest BCUT2D eigenvalue weighted by Gasteiger charge is -2.26. The summed E-state index contributed by atoms with van der Waals surface area (Å²) in [6, 6.07) is 0. The molecule has 0 aromatic heterocycles. The van der Waals surface area contributed by atoms with Crippen molar-refractivity contribution >= 4 is 5.91 Å². The number of nitrogens with one attached hydrogen (secondary N) is 1. The van der Waals surface area contributed by atoms with Crippen LogP contribution >= 0.6 is 0 Å². The van der Waals surface area contributed by atoms with Crippen LogP contribution in [0.3, 0.4) is 0 Å². The Balaban J connectivity index is 1.93. The van der Waals surface area contributed by atoms with E-state index in [1.165, 1.54) is 12.8 Å². The SMILES string of the molecule is C=CCN(CCC)C(=O)C1CC12CCNCC2. The van der Waals surface area contributed by atoms with Crippen molar-refractivity contribution in [3.8, 4) is 0 Å². The summed E-state index contributed by atoms with van der Waals surface area (Å²) < 4.78 is 0. The monoisotopic (exact) mass is 236 g/mol. The van der Waals surface area contributed by atoms with Crippen LogP contribution in [0.2, 0.25) is 0 Å². The Kier molecular flexibility index (Phi) is 3.87. The molecule has 1 aliphatic heterocycles. The summed E-state index contributed by atoms with van der Waals surface area (Å²) >= 11 is 0. The van der Waals surface area contributed by atoms with E-state index in [0.29, 0.717) is 23.8 Å². The van der Waals surface area contributed by atoms with Crippen LogP contribution in [0.15, 0.2) is 12.7 Å². The van der Waals surface area contributed by atoms with E-state index in [9.17, 15) is 4.79 Å². The fourth-order valence-corrected chi connectivity index (χ4v) is 3.11. The van der Waals surface area contributed by atoms with Gasteiger partial charge in [-0.15, -0.1) is 6.58 Å². The van der Waals surface area contributed by atoms with Gasteiger partial charge in [0.2, 0.25) is 5.91 Å². The summed E-state index contributed by atoms with van der Waals surface area (Å²) in [5.41, 5.74) is 0.357. The van der Waals surface area contributed by atoms with Crippen molar-refractivity contribution < 1.29 is 4.79 Å². The molecule has 1 heterocycles. The maximum absolute atomic E-state index is 12.4. The normalized spacial score (nSPS) is 25.6. The topological polar surface area (TPSA) is 32.3 Å². The average Bonchev–Trinajstić information content (AvgIpc) is 3.03. The van der Waals surface area contributed by atoms with Crippen LogP contribution in [0.1, 0.15) is 32.6 Å². The zero-order chi connectivity index (χ0) is 12.3. The van der Waals surface area contributed by atoms with Crippen molar-refractivity contribution in [3.63, 3.8) is 0 Å². The number of hydrogen-bond acceptors (Lipinski definition) is 2. The summed E-state index contributed by atoms with van der Waals surface area (Å²) in [4.78, 5) is 14.4. The molecule has 1 aliphatic carbocycles. The first kappa shape index (κ1) is 12.6. The standard InChI is InChI=1S/C14H24N2O/c1-3-9-16(10-4-2)13(17)12-11-14(12)5-7-15-8-6-14/h3,12,15H,1,4-11H2,2H3. The molecule has 0 bridgehead atoms. The first-order valence-corrected chi connectivity index (χ1v) is 6.84. The molecule has 2 fully saturated rings. The van der Waals surface area contributed by atoms with E-state index in [1.54, 1.807) is 0 Å². The Morgan fingerprint density at radius 3 is 2.82 bits per heavy atom. The molecule has 3 heteroatoms. The number of hydrogen-bond donors (Lipinski definition) is 1. The van der Waals surface area contributed by atoms with Gasteiger partial charge in [-0.1, -0.05) is 13.0 Å². The molecule has 2 rings (SSSR count). The van der Waals surface area contributed by atoms with E-state index in [1.807, 2.05) is 11.0 Å². The van der Waals surface area contributed by atoms with Gasteiger partial charge in [0.25, 0.3) is 0 Å². The van der Waals surface area contributed by atoms with Gasteiger partial charge in [0.1, 0.15) is 0 Å². The molecule has 1 saturated heterocycles. The molecule has 1 amide bonds. The van der Waals surface area contributed by atoms with E-state index < -0.39 is 0 Å². The van der Waals surface area contributed by atoms with Crippen molar-refractivity contribution in [1.82, 2.24) is 10.2 Å². The number of rotatable bonds is 5. The van der Waals surface area contributed by atoms with Gasteiger partial charge < -0.3 is 10.2 Å². The van der Waals surface area contributed by atoms with Gasteiger partial charge in [-0.25, -0.2) is 0 Å². The highest BCUT2D eigenvalue weighted by Gasteiger charge is 2.58. The summed E-state index contributed by atoms with van der Waals surface area (Å²) in [6.45, 7) is 9.61. The second kappa shape index (κ2) is 5.21. The lowest BCUT2D eigenvalue weighted by atomic mass is 9.91. The largest absolute Gasteiger partial charge is 0.339 e. The van der Waals surface area contributed by atoms with E-state index in [4.69, 9.17) is 0 Å². The van der Waals surface area contributed by atoms with Gasteiger partial charge in [-0.05, 0) is 44.2 Å². The average molecular weight is 236 g/mol. The number of amides is 1. The molecular formula is C14H24N2O. The quantitative estimate of drug-likeness (QED) is 0.738. The van der Waals surface area contributed by atoms with Gasteiger partial charge in [0, 0.05) is 19.0 Å². The number of piperidine rings is 1. The van der Waals surface area contributed by atoms with Crippen LogP contribution in [0.4, 0.5) is 0 Å². The van der Waals surface area contributed by atoms with Crippen molar-refractivity contribution in [2.45, 2.75) is 32.6 Å². The number of nitrogens with zero attached hydrogens (tertiary/aromatic N) is 1. The molecule has 1 N–H and O–H groups in total. The molecule has 1 saturated carbocycles. The van der Waals surface area contributed by atoms with E-state index in [-0.39, 0.29) is 0 Å².